The molecule has 0 aliphatic rings. The van der Waals surface area contributed by atoms with Gasteiger partial charge in [-0.2, -0.15) is 0 Å². The van der Waals surface area contributed by atoms with Crippen LogP contribution in [-0.4, -0.2) is 24.0 Å². The predicted octanol–water partition coefficient (Wildman–Crippen LogP) is 2.64. The van der Waals surface area contributed by atoms with E-state index in [1.54, 1.807) is 18.3 Å². The monoisotopic (exact) mass is 340 g/mol. The Morgan fingerprint density at radius 1 is 1.36 bits per heavy atom. The van der Waals surface area contributed by atoms with Crippen molar-refractivity contribution >= 4 is 23.4 Å². The molecule has 6 heteroatoms. The molecule has 6 nitrogen and oxygen atoms in total. The Morgan fingerprint density at radius 2 is 2.08 bits per heavy atom. The van der Waals surface area contributed by atoms with Gasteiger partial charge in [-0.3, -0.25) is 4.79 Å². The number of nitrogens with one attached hydrogen (secondary N) is 2. The molecule has 0 fully saturated rings. The van der Waals surface area contributed by atoms with E-state index in [2.05, 4.69) is 16.9 Å². The standard InChI is InChI=1S/C19H24N4O2/c1-4-25-12(2)10-23-19(24)15-11-22-18(13(15)3)9-17(21)14-7-5-6-8-16(14)20/h5-9,11,22H,2,4,10,20-21H2,1,3H3,(H,23,24)/b17-9-. The first-order valence-electron chi connectivity index (χ1n) is 8.02. The number of amides is 1. The third-order valence-electron chi connectivity index (χ3n) is 3.79. The van der Waals surface area contributed by atoms with E-state index in [1.807, 2.05) is 32.0 Å². The number of nitrogen functional groups attached to an aromatic ring is 1. The Hall–Kier alpha value is -3.15. The first-order chi connectivity index (χ1) is 11.9. The lowest BCUT2D eigenvalue weighted by Gasteiger charge is -2.08. The summed E-state index contributed by atoms with van der Waals surface area (Å²) in [6.45, 7) is 8.25. The van der Waals surface area contributed by atoms with E-state index in [0.29, 0.717) is 29.3 Å². The second-order valence-electron chi connectivity index (χ2n) is 5.58. The van der Waals surface area contributed by atoms with Gasteiger partial charge < -0.3 is 26.5 Å². The van der Waals surface area contributed by atoms with Gasteiger partial charge in [0.1, 0.15) is 5.76 Å². The van der Waals surface area contributed by atoms with E-state index in [0.717, 1.165) is 16.8 Å². The molecule has 2 aromatic rings. The molecule has 132 valence electrons. The highest BCUT2D eigenvalue weighted by molar-refractivity contribution is 5.97. The van der Waals surface area contributed by atoms with Crippen molar-refractivity contribution in [2.75, 3.05) is 18.9 Å². The van der Waals surface area contributed by atoms with Crippen molar-refractivity contribution in [3.63, 3.8) is 0 Å². The predicted molar refractivity (Wildman–Crippen MR) is 102 cm³/mol. The van der Waals surface area contributed by atoms with Gasteiger partial charge in [-0.15, -0.1) is 0 Å². The van der Waals surface area contributed by atoms with Crippen LogP contribution in [0.5, 0.6) is 0 Å². The lowest BCUT2D eigenvalue weighted by molar-refractivity contribution is 0.0947. The number of anilines is 1. The molecule has 0 saturated carbocycles. The van der Waals surface area contributed by atoms with Crippen molar-refractivity contribution in [3.05, 3.63) is 65.2 Å². The molecule has 1 aromatic carbocycles. The van der Waals surface area contributed by atoms with Gasteiger partial charge in [0, 0.05) is 28.8 Å². The number of nitrogens with two attached hydrogens (primary N) is 2. The number of carbonyl (C=O) groups is 1. The van der Waals surface area contributed by atoms with E-state index in [9.17, 15) is 4.79 Å². The molecule has 0 atom stereocenters. The minimum absolute atomic E-state index is 0.202. The molecule has 0 aliphatic heterocycles. The highest BCUT2D eigenvalue weighted by Gasteiger charge is 2.14. The molecule has 1 amide bonds. The summed E-state index contributed by atoms with van der Waals surface area (Å²) in [4.78, 5) is 15.4. The van der Waals surface area contributed by atoms with Gasteiger partial charge in [0.15, 0.2) is 0 Å². The Bertz CT molecular complexity index is 806. The van der Waals surface area contributed by atoms with Crippen LogP contribution in [0.25, 0.3) is 11.8 Å². The maximum Gasteiger partial charge on any atom is 0.253 e. The maximum absolute atomic E-state index is 12.3. The molecule has 25 heavy (non-hydrogen) atoms. The van der Waals surface area contributed by atoms with Gasteiger partial charge in [-0.1, -0.05) is 24.8 Å². The number of hydrogen-bond acceptors (Lipinski definition) is 4. The summed E-state index contributed by atoms with van der Waals surface area (Å²) in [7, 11) is 0. The average Bonchev–Trinajstić information content (AvgIpc) is 2.94. The smallest absolute Gasteiger partial charge is 0.253 e. The van der Waals surface area contributed by atoms with Gasteiger partial charge >= 0.3 is 0 Å². The van der Waals surface area contributed by atoms with Crippen LogP contribution < -0.4 is 16.8 Å². The Labute approximate surface area is 147 Å². The third-order valence-corrected chi connectivity index (χ3v) is 3.79. The lowest BCUT2D eigenvalue weighted by atomic mass is 10.1. The van der Waals surface area contributed by atoms with E-state index in [1.165, 1.54) is 0 Å². The molecule has 6 N–H and O–H groups in total. The van der Waals surface area contributed by atoms with Gasteiger partial charge in [0.2, 0.25) is 0 Å². The number of rotatable bonds is 7. The fourth-order valence-corrected chi connectivity index (χ4v) is 2.42. The van der Waals surface area contributed by atoms with Crippen LogP contribution in [0.2, 0.25) is 0 Å². The largest absolute Gasteiger partial charge is 0.497 e. The summed E-state index contributed by atoms with van der Waals surface area (Å²) in [5.74, 6) is 0.319. The highest BCUT2D eigenvalue weighted by atomic mass is 16.5. The minimum atomic E-state index is -0.202. The zero-order chi connectivity index (χ0) is 18.4. The Morgan fingerprint density at radius 3 is 2.76 bits per heavy atom. The average molecular weight is 340 g/mol. The summed E-state index contributed by atoms with van der Waals surface area (Å²) in [6, 6.07) is 7.37. The molecule has 0 spiro atoms. The molecule has 1 heterocycles. The number of hydrogen-bond donors (Lipinski definition) is 4. The van der Waals surface area contributed by atoms with E-state index in [4.69, 9.17) is 16.2 Å². The van der Waals surface area contributed by atoms with Gasteiger partial charge in [0.05, 0.1) is 18.7 Å². The summed E-state index contributed by atoms with van der Waals surface area (Å²) in [6.07, 6.45) is 3.43. The SMILES string of the molecule is C=C(CNC(=O)c1c[nH]c(/C=C(\N)c2ccccc2N)c1C)OCC. The first kappa shape index (κ1) is 18.2. The fourth-order valence-electron chi connectivity index (χ4n) is 2.42. The molecular weight excluding hydrogens is 316 g/mol. The summed E-state index contributed by atoms with van der Waals surface area (Å²) in [5, 5.41) is 2.78. The lowest BCUT2D eigenvalue weighted by Crippen LogP contribution is -2.26. The molecule has 1 aromatic heterocycles. The van der Waals surface area contributed by atoms with Crippen LogP contribution in [-0.2, 0) is 4.74 Å². The van der Waals surface area contributed by atoms with Gasteiger partial charge in [-0.05, 0) is 31.6 Å². The summed E-state index contributed by atoms with van der Waals surface area (Å²) in [5.41, 5.74) is 16.1. The van der Waals surface area contributed by atoms with Crippen LogP contribution in [0.3, 0.4) is 0 Å². The topological polar surface area (TPSA) is 106 Å². The zero-order valence-corrected chi connectivity index (χ0v) is 14.6. The molecule has 0 radical (unpaired) electrons. The van der Waals surface area contributed by atoms with Crippen molar-refractivity contribution in [2.24, 2.45) is 5.73 Å². The van der Waals surface area contributed by atoms with Crippen LogP contribution in [0, 0.1) is 6.92 Å². The normalized spacial score (nSPS) is 11.2. The van der Waals surface area contributed by atoms with Crippen molar-refractivity contribution < 1.29 is 9.53 Å². The highest BCUT2D eigenvalue weighted by Crippen LogP contribution is 2.21. The quantitative estimate of drug-likeness (QED) is 0.459. The molecule has 2 rings (SSSR count). The summed E-state index contributed by atoms with van der Waals surface area (Å²) < 4.78 is 5.22. The first-order valence-corrected chi connectivity index (χ1v) is 8.02. The Kier molecular flexibility index (Phi) is 5.89. The van der Waals surface area contributed by atoms with Crippen molar-refractivity contribution in [3.8, 4) is 0 Å². The van der Waals surface area contributed by atoms with Crippen molar-refractivity contribution in [1.82, 2.24) is 10.3 Å². The number of aromatic amines is 1. The zero-order valence-electron chi connectivity index (χ0n) is 14.6. The number of benzene rings is 1. The third kappa shape index (κ3) is 4.44. The van der Waals surface area contributed by atoms with Crippen molar-refractivity contribution in [1.29, 1.82) is 0 Å². The molecule has 0 bridgehead atoms. The number of ether oxygens (including phenoxy) is 1. The second-order valence-corrected chi connectivity index (χ2v) is 5.58. The van der Waals surface area contributed by atoms with E-state index in [-0.39, 0.29) is 12.5 Å². The number of aromatic nitrogens is 1. The van der Waals surface area contributed by atoms with Gasteiger partial charge in [-0.25, -0.2) is 0 Å². The number of para-hydroxylation sites is 1. The Balaban J connectivity index is 2.15. The van der Waals surface area contributed by atoms with Crippen LogP contribution in [0.15, 0.2) is 42.8 Å². The fraction of sp³-hybridized carbons (Fsp3) is 0.211. The van der Waals surface area contributed by atoms with E-state index >= 15 is 0 Å². The van der Waals surface area contributed by atoms with E-state index < -0.39 is 0 Å². The van der Waals surface area contributed by atoms with Gasteiger partial charge in [0.25, 0.3) is 5.91 Å². The molecule has 0 aliphatic carbocycles. The molecular formula is C19H24N4O2. The minimum Gasteiger partial charge on any atom is -0.497 e. The number of carbonyl (C=O) groups excluding carboxylic acids is 1. The number of H-pyrrole nitrogens is 1. The van der Waals surface area contributed by atoms with Crippen molar-refractivity contribution in [2.45, 2.75) is 13.8 Å². The molecule has 0 unspecified atom stereocenters. The molecule has 0 saturated heterocycles. The second kappa shape index (κ2) is 8.10. The van der Waals surface area contributed by atoms with Crippen LogP contribution in [0.1, 0.15) is 34.1 Å². The summed E-state index contributed by atoms with van der Waals surface area (Å²) >= 11 is 0. The van der Waals surface area contributed by atoms with Crippen LogP contribution in [0.4, 0.5) is 5.69 Å². The van der Waals surface area contributed by atoms with Crippen LogP contribution >= 0.6 is 0 Å². The maximum atomic E-state index is 12.3.